The zero-order valence-electron chi connectivity index (χ0n) is 12.8. The van der Waals surface area contributed by atoms with Crippen molar-refractivity contribution in [2.75, 3.05) is 20.2 Å². The minimum Gasteiger partial charge on any atom is -0.453 e. The first-order valence-corrected chi connectivity index (χ1v) is 7.89. The van der Waals surface area contributed by atoms with E-state index < -0.39 is 0 Å². The summed E-state index contributed by atoms with van der Waals surface area (Å²) >= 11 is 0. The number of carbonyl (C=O) groups is 1. The van der Waals surface area contributed by atoms with Gasteiger partial charge in [0.05, 0.1) is 0 Å². The molecule has 0 atom stereocenters. The quantitative estimate of drug-likeness (QED) is 0.599. The maximum Gasteiger partial charge on any atom is 0.287 e. The fourth-order valence-corrected chi connectivity index (χ4v) is 2.74. The largest absolute Gasteiger partial charge is 0.453 e. The van der Waals surface area contributed by atoms with Crippen LogP contribution < -0.4 is 10.6 Å². The first-order chi connectivity index (χ1) is 10.3. The average Bonchev–Trinajstić information content (AvgIpc) is 2.80. The molecule has 1 aromatic rings. The van der Waals surface area contributed by atoms with Gasteiger partial charge in [0.15, 0.2) is 5.76 Å². The molecule has 1 aliphatic carbocycles. The van der Waals surface area contributed by atoms with Crippen LogP contribution in [0, 0.1) is 0 Å². The highest BCUT2D eigenvalue weighted by Crippen LogP contribution is 2.16. The Balaban J connectivity index is 1.64. The fraction of sp³-hybridized carbons (Fsp3) is 0.688. The van der Waals surface area contributed by atoms with Crippen molar-refractivity contribution in [1.82, 2.24) is 10.6 Å². The van der Waals surface area contributed by atoms with E-state index in [1.165, 1.54) is 38.5 Å². The molecule has 0 unspecified atom stereocenters. The summed E-state index contributed by atoms with van der Waals surface area (Å²) in [6.45, 7) is 1.81. The van der Waals surface area contributed by atoms with Crippen molar-refractivity contribution in [3.63, 3.8) is 0 Å². The van der Waals surface area contributed by atoms with Gasteiger partial charge in [0.1, 0.15) is 12.4 Å². The van der Waals surface area contributed by atoms with Gasteiger partial charge in [-0.2, -0.15) is 0 Å². The Kier molecular flexibility index (Phi) is 6.76. The van der Waals surface area contributed by atoms with E-state index in [-0.39, 0.29) is 5.91 Å². The lowest BCUT2D eigenvalue weighted by Gasteiger charge is -2.16. The molecule has 5 nitrogen and oxygen atoms in total. The summed E-state index contributed by atoms with van der Waals surface area (Å²) in [4.78, 5) is 11.9. The SMILES string of the molecule is COCc1ccc(C(=O)NCCNC2CCCCCC2)o1. The molecular formula is C16H26N2O3. The Morgan fingerprint density at radius 2 is 2.00 bits per heavy atom. The molecule has 1 aromatic heterocycles. The Labute approximate surface area is 126 Å². The minimum absolute atomic E-state index is 0.167. The summed E-state index contributed by atoms with van der Waals surface area (Å²) in [5, 5.41) is 6.40. The summed E-state index contributed by atoms with van der Waals surface area (Å²) in [5.74, 6) is 0.843. The first kappa shape index (κ1) is 16.0. The number of nitrogens with one attached hydrogen (secondary N) is 2. The van der Waals surface area contributed by atoms with Crippen LogP contribution in [-0.2, 0) is 11.3 Å². The van der Waals surface area contributed by atoms with Crippen molar-refractivity contribution in [3.05, 3.63) is 23.7 Å². The number of hydrogen-bond acceptors (Lipinski definition) is 4. The van der Waals surface area contributed by atoms with E-state index in [1.54, 1.807) is 19.2 Å². The van der Waals surface area contributed by atoms with Crippen LogP contribution in [0.15, 0.2) is 16.5 Å². The van der Waals surface area contributed by atoms with Gasteiger partial charge >= 0.3 is 0 Å². The van der Waals surface area contributed by atoms with Crippen LogP contribution in [0.2, 0.25) is 0 Å². The maximum atomic E-state index is 11.9. The third kappa shape index (κ3) is 5.52. The first-order valence-electron chi connectivity index (χ1n) is 7.89. The number of methoxy groups -OCH3 is 1. The van der Waals surface area contributed by atoms with Crippen LogP contribution in [0.4, 0.5) is 0 Å². The highest BCUT2D eigenvalue weighted by atomic mass is 16.5. The van der Waals surface area contributed by atoms with E-state index >= 15 is 0 Å². The van der Waals surface area contributed by atoms with Crippen LogP contribution in [-0.4, -0.2) is 32.1 Å². The topological polar surface area (TPSA) is 63.5 Å². The van der Waals surface area contributed by atoms with Gasteiger partial charge in [0.2, 0.25) is 0 Å². The van der Waals surface area contributed by atoms with Gasteiger partial charge in [-0.05, 0) is 25.0 Å². The standard InChI is InChI=1S/C16H26N2O3/c1-20-12-14-8-9-15(21-14)16(19)18-11-10-17-13-6-4-2-3-5-7-13/h8-9,13,17H,2-7,10-12H2,1H3,(H,18,19). The van der Waals surface area contributed by atoms with Crippen LogP contribution in [0.25, 0.3) is 0 Å². The number of rotatable bonds is 7. The molecule has 1 heterocycles. The van der Waals surface area contributed by atoms with E-state index in [0.717, 1.165) is 6.54 Å². The molecule has 0 aromatic carbocycles. The van der Waals surface area contributed by atoms with Crippen molar-refractivity contribution in [2.45, 2.75) is 51.2 Å². The zero-order chi connectivity index (χ0) is 14.9. The molecule has 118 valence electrons. The number of hydrogen-bond donors (Lipinski definition) is 2. The average molecular weight is 294 g/mol. The van der Waals surface area contributed by atoms with E-state index in [4.69, 9.17) is 9.15 Å². The van der Waals surface area contributed by atoms with Crippen molar-refractivity contribution in [2.24, 2.45) is 0 Å². The van der Waals surface area contributed by atoms with Crippen molar-refractivity contribution < 1.29 is 13.9 Å². The Hall–Kier alpha value is -1.33. The van der Waals surface area contributed by atoms with Gasteiger partial charge in [-0.1, -0.05) is 25.7 Å². The Morgan fingerprint density at radius 1 is 1.24 bits per heavy atom. The third-order valence-electron chi connectivity index (χ3n) is 3.87. The number of furan rings is 1. The lowest BCUT2D eigenvalue weighted by Crippen LogP contribution is -2.36. The second-order valence-electron chi connectivity index (χ2n) is 5.60. The molecule has 5 heteroatoms. The molecule has 0 radical (unpaired) electrons. The summed E-state index contributed by atoms with van der Waals surface area (Å²) < 4.78 is 10.4. The van der Waals surface area contributed by atoms with E-state index in [1.807, 2.05) is 0 Å². The Morgan fingerprint density at radius 3 is 2.71 bits per heavy atom. The van der Waals surface area contributed by atoms with Crippen LogP contribution in [0.1, 0.15) is 54.8 Å². The van der Waals surface area contributed by atoms with Crippen molar-refractivity contribution in [3.8, 4) is 0 Å². The maximum absolute atomic E-state index is 11.9. The molecule has 0 saturated heterocycles. The Bertz CT molecular complexity index is 423. The molecule has 1 saturated carbocycles. The number of carbonyl (C=O) groups excluding carboxylic acids is 1. The van der Waals surface area contributed by atoms with E-state index in [9.17, 15) is 4.79 Å². The van der Waals surface area contributed by atoms with Crippen molar-refractivity contribution >= 4 is 5.91 Å². The summed E-state index contributed by atoms with van der Waals surface area (Å²) in [7, 11) is 1.60. The molecule has 2 rings (SSSR count). The molecular weight excluding hydrogens is 268 g/mol. The molecule has 0 bridgehead atoms. The molecule has 1 fully saturated rings. The van der Waals surface area contributed by atoms with Crippen LogP contribution >= 0.6 is 0 Å². The predicted octanol–water partition coefficient (Wildman–Crippen LogP) is 2.47. The van der Waals surface area contributed by atoms with Gasteiger partial charge in [-0.15, -0.1) is 0 Å². The highest BCUT2D eigenvalue weighted by Gasteiger charge is 2.12. The summed E-state index contributed by atoms with van der Waals surface area (Å²) in [6, 6.07) is 4.06. The minimum atomic E-state index is -0.167. The van der Waals surface area contributed by atoms with E-state index in [0.29, 0.717) is 30.7 Å². The monoisotopic (exact) mass is 294 g/mol. The third-order valence-corrected chi connectivity index (χ3v) is 3.87. The van der Waals surface area contributed by atoms with Gasteiger partial charge in [0.25, 0.3) is 5.91 Å². The second kappa shape index (κ2) is 8.85. The summed E-state index contributed by atoms with van der Waals surface area (Å²) in [5.41, 5.74) is 0. The number of ether oxygens (including phenoxy) is 1. The van der Waals surface area contributed by atoms with Gasteiger partial charge in [-0.3, -0.25) is 4.79 Å². The smallest absolute Gasteiger partial charge is 0.287 e. The molecule has 21 heavy (non-hydrogen) atoms. The zero-order valence-corrected chi connectivity index (χ0v) is 12.8. The molecule has 1 aliphatic rings. The highest BCUT2D eigenvalue weighted by molar-refractivity contribution is 5.91. The van der Waals surface area contributed by atoms with Gasteiger partial charge in [0, 0.05) is 26.2 Å². The second-order valence-corrected chi connectivity index (χ2v) is 5.60. The lowest BCUT2D eigenvalue weighted by atomic mass is 10.1. The lowest BCUT2D eigenvalue weighted by molar-refractivity contribution is 0.0917. The van der Waals surface area contributed by atoms with Gasteiger partial charge in [-0.25, -0.2) is 0 Å². The van der Waals surface area contributed by atoms with Crippen LogP contribution in [0.3, 0.4) is 0 Å². The summed E-state index contributed by atoms with van der Waals surface area (Å²) in [6.07, 6.45) is 7.87. The van der Waals surface area contributed by atoms with Crippen LogP contribution in [0.5, 0.6) is 0 Å². The molecule has 0 aliphatic heterocycles. The van der Waals surface area contributed by atoms with Gasteiger partial charge < -0.3 is 19.8 Å². The van der Waals surface area contributed by atoms with E-state index in [2.05, 4.69) is 10.6 Å². The molecule has 0 spiro atoms. The molecule has 1 amide bonds. The fourth-order valence-electron chi connectivity index (χ4n) is 2.74. The predicted molar refractivity (Wildman–Crippen MR) is 81.2 cm³/mol. The number of amides is 1. The normalized spacial score (nSPS) is 16.6. The molecule has 2 N–H and O–H groups in total. The van der Waals surface area contributed by atoms with Crippen molar-refractivity contribution in [1.29, 1.82) is 0 Å².